The molecule has 1 aliphatic heterocycles. The number of carbonyl (C=O) groups excluding carboxylic acids is 1. The number of carboxylic acids is 1. The molecular formula is C15H20N2O3. The Labute approximate surface area is 118 Å². The van der Waals surface area contributed by atoms with E-state index in [0.29, 0.717) is 19.5 Å². The van der Waals surface area contributed by atoms with E-state index in [9.17, 15) is 9.59 Å². The summed E-state index contributed by atoms with van der Waals surface area (Å²) in [6, 6.07) is 8.77. The van der Waals surface area contributed by atoms with Gasteiger partial charge < -0.3 is 15.3 Å². The quantitative estimate of drug-likeness (QED) is 0.849. The first-order valence-electron chi connectivity index (χ1n) is 6.90. The molecule has 0 aliphatic carbocycles. The van der Waals surface area contributed by atoms with Crippen molar-refractivity contribution in [2.45, 2.75) is 38.4 Å². The molecule has 1 fully saturated rings. The molecule has 0 radical (unpaired) electrons. The predicted octanol–water partition coefficient (Wildman–Crippen LogP) is 1.24. The topological polar surface area (TPSA) is 69.6 Å². The lowest BCUT2D eigenvalue weighted by Gasteiger charge is -2.25. The number of aliphatic carboxylic acids is 1. The lowest BCUT2D eigenvalue weighted by Crippen LogP contribution is -2.48. The monoisotopic (exact) mass is 276 g/mol. The van der Waals surface area contributed by atoms with Crippen molar-refractivity contribution in [3.8, 4) is 0 Å². The number of likely N-dealkylation sites (tertiary alicyclic amines) is 1. The van der Waals surface area contributed by atoms with E-state index in [0.717, 1.165) is 12.0 Å². The van der Waals surface area contributed by atoms with Crippen LogP contribution in [0.1, 0.15) is 25.3 Å². The zero-order valence-electron chi connectivity index (χ0n) is 11.6. The molecule has 1 saturated heterocycles. The van der Waals surface area contributed by atoms with Crippen LogP contribution in [0.25, 0.3) is 0 Å². The minimum atomic E-state index is -0.911. The van der Waals surface area contributed by atoms with E-state index in [1.165, 1.54) is 4.90 Å². The van der Waals surface area contributed by atoms with Crippen molar-refractivity contribution in [1.29, 1.82) is 0 Å². The molecule has 20 heavy (non-hydrogen) atoms. The Morgan fingerprint density at radius 3 is 2.75 bits per heavy atom. The molecule has 2 rings (SSSR count). The minimum Gasteiger partial charge on any atom is -0.480 e. The molecule has 0 bridgehead atoms. The van der Waals surface area contributed by atoms with Gasteiger partial charge in [-0.2, -0.15) is 0 Å². The highest BCUT2D eigenvalue weighted by atomic mass is 16.4. The van der Waals surface area contributed by atoms with Crippen LogP contribution in [0, 0.1) is 0 Å². The van der Waals surface area contributed by atoms with Crippen LogP contribution in [0.5, 0.6) is 0 Å². The van der Waals surface area contributed by atoms with Crippen molar-refractivity contribution in [2.24, 2.45) is 0 Å². The van der Waals surface area contributed by atoms with Gasteiger partial charge in [0.15, 0.2) is 0 Å². The van der Waals surface area contributed by atoms with Gasteiger partial charge in [0, 0.05) is 13.1 Å². The first-order valence-corrected chi connectivity index (χ1v) is 6.90. The Hall–Kier alpha value is -1.88. The Morgan fingerprint density at radius 1 is 1.40 bits per heavy atom. The van der Waals surface area contributed by atoms with Gasteiger partial charge in [0.25, 0.3) is 0 Å². The third-order valence-corrected chi connectivity index (χ3v) is 3.65. The number of carbonyl (C=O) groups is 2. The van der Waals surface area contributed by atoms with Gasteiger partial charge >= 0.3 is 5.97 Å². The molecule has 2 N–H and O–H groups in total. The van der Waals surface area contributed by atoms with Crippen molar-refractivity contribution in [3.63, 3.8) is 0 Å². The van der Waals surface area contributed by atoms with Crippen LogP contribution in [0.3, 0.4) is 0 Å². The average molecular weight is 276 g/mol. The van der Waals surface area contributed by atoms with E-state index in [4.69, 9.17) is 5.11 Å². The number of nitrogens with one attached hydrogen (secondary N) is 1. The van der Waals surface area contributed by atoms with E-state index in [1.807, 2.05) is 30.3 Å². The molecule has 1 heterocycles. The second-order valence-electron chi connectivity index (χ2n) is 5.12. The summed E-state index contributed by atoms with van der Waals surface area (Å²) >= 11 is 0. The number of carboxylic acid groups (broad SMARTS) is 1. The van der Waals surface area contributed by atoms with Gasteiger partial charge in [-0.3, -0.25) is 4.79 Å². The van der Waals surface area contributed by atoms with Gasteiger partial charge in [-0.1, -0.05) is 30.3 Å². The Kier molecular flexibility index (Phi) is 4.74. The van der Waals surface area contributed by atoms with Crippen molar-refractivity contribution in [2.75, 3.05) is 6.54 Å². The maximum atomic E-state index is 12.3. The SMILES string of the molecule is C[C@H](NCc1ccccc1)C(=O)N1CCC[C@H]1C(=O)O. The summed E-state index contributed by atoms with van der Waals surface area (Å²) in [6.07, 6.45) is 1.31. The lowest BCUT2D eigenvalue weighted by molar-refractivity contribution is -0.148. The predicted molar refractivity (Wildman–Crippen MR) is 75.1 cm³/mol. The zero-order chi connectivity index (χ0) is 14.5. The van der Waals surface area contributed by atoms with Crippen LogP contribution in [0.4, 0.5) is 0 Å². The fourth-order valence-corrected chi connectivity index (χ4v) is 2.49. The summed E-state index contributed by atoms with van der Waals surface area (Å²) in [4.78, 5) is 24.9. The fraction of sp³-hybridized carbons (Fsp3) is 0.467. The molecule has 108 valence electrons. The molecule has 1 aromatic rings. The number of hydrogen-bond donors (Lipinski definition) is 2. The molecule has 5 nitrogen and oxygen atoms in total. The second-order valence-corrected chi connectivity index (χ2v) is 5.12. The van der Waals surface area contributed by atoms with Crippen LogP contribution in [-0.4, -0.2) is 40.5 Å². The summed E-state index contributed by atoms with van der Waals surface area (Å²) in [5.74, 6) is -1.04. The third kappa shape index (κ3) is 3.36. The van der Waals surface area contributed by atoms with Crippen LogP contribution >= 0.6 is 0 Å². The molecule has 1 aliphatic rings. The molecule has 2 atom stereocenters. The first-order chi connectivity index (χ1) is 9.59. The Balaban J connectivity index is 1.90. The normalized spacial score (nSPS) is 19.9. The smallest absolute Gasteiger partial charge is 0.326 e. The Morgan fingerprint density at radius 2 is 2.10 bits per heavy atom. The summed E-state index contributed by atoms with van der Waals surface area (Å²) < 4.78 is 0. The number of amides is 1. The second kappa shape index (κ2) is 6.52. The molecule has 5 heteroatoms. The minimum absolute atomic E-state index is 0.133. The molecule has 1 amide bonds. The van der Waals surface area contributed by atoms with Crippen molar-refractivity contribution in [3.05, 3.63) is 35.9 Å². The van der Waals surface area contributed by atoms with Crippen molar-refractivity contribution in [1.82, 2.24) is 10.2 Å². The van der Waals surface area contributed by atoms with E-state index < -0.39 is 12.0 Å². The number of nitrogens with zero attached hydrogens (tertiary/aromatic N) is 1. The van der Waals surface area contributed by atoms with Gasteiger partial charge in [-0.25, -0.2) is 4.79 Å². The van der Waals surface area contributed by atoms with Crippen LogP contribution in [-0.2, 0) is 16.1 Å². The van der Waals surface area contributed by atoms with Crippen LogP contribution < -0.4 is 5.32 Å². The molecule has 0 spiro atoms. The summed E-state index contributed by atoms with van der Waals surface area (Å²) in [6.45, 7) is 2.91. The zero-order valence-corrected chi connectivity index (χ0v) is 11.6. The summed E-state index contributed by atoms with van der Waals surface area (Å²) in [5, 5.41) is 12.3. The standard InChI is InChI=1S/C15H20N2O3/c1-11(16-10-12-6-3-2-4-7-12)14(18)17-9-5-8-13(17)15(19)20/h2-4,6-7,11,13,16H,5,8-10H2,1H3,(H,19,20)/t11-,13-/m0/s1. The molecule has 0 saturated carbocycles. The van der Waals surface area contributed by atoms with Gasteiger partial charge in [0.05, 0.1) is 6.04 Å². The van der Waals surface area contributed by atoms with E-state index in [-0.39, 0.29) is 11.9 Å². The number of hydrogen-bond acceptors (Lipinski definition) is 3. The molecule has 0 aromatic heterocycles. The highest BCUT2D eigenvalue weighted by molar-refractivity contribution is 5.87. The van der Waals surface area contributed by atoms with Crippen LogP contribution in [0.15, 0.2) is 30.3 Å². The summed E-state index contributed by atoms with van der Waals surface area (Å²) in [5.41, 5.74) is 1.10. The summed E-state index contributed by atoms with van der Waals surface area (Å²) in [7, 11) is 0. The molecular weight excluding hydrogens is 256 g/mol. The maximum Gasteiger partial charge on any atom is 0.326 e. The van der Waals surface area contributed by atoms with Crippen molar-refractivity contribution < 1.29 is 14.7 Å². The van der Waals surface area contributed by atoms with Gasteiger partial charge in [-0.05, 0) is 25.3 Å². The van der Waals surface area contributed by atoms with E-state index in [1.54, 1.807) is 6.92 Å². The largest absolute Gasteiger partial charge is 0.480 e. The first kappa shape index (κ1) is 14.5. The average Bonchev–Trinajstić information content (AvgIpc) is 2.94. The number of benzene rings is 1. The third-order valence-electron chi connectivity index (χ3n) is 3.65. The van der Waals surface area contributed by atoms with Gasteiger partial charge in [0.1, 0.15) is 6.04 Å². The van der Waals surface area contributed by atoms with Crippen LogP contribution in [0.2, 0.25) is 0 Å². The Bertz CT molecular complexity index is 475. The van der Waals surface area contributed by atoms with Gasteiger partial charge in [0.2, 0.25) is 5.91 Å². The highest BCUT2D eigenvalue weighted by Crippen LogP contribution is 2.18. The van der Waals surface area contributed by atoms with E-state index in [2.05, 4.69) is 5.32 Å². The van der Waals surface area contributed by atoms with Gasteiger partial charge in [-0.15, -0.1) is 0 Å². The number of rotatable bonds is 5. The fourth-order valence-electron chi connectivity index (χ4n) is 2.49. The van der Waals surface area contributed by atoms with E-state index >= 15 is 0 Å². The molecule has 0 unspecified atom stereocenters. The lowest BCUT2D eigenvalue weighted by atomic mass is 10.2. The van der Waals surface area contributed by atoms with Crippen molar-refractivity contribution >= 4 is 11.9 Å². The molecule has 1 aromatic carbocycles. The maximum absolute atomic E-state index is 12.3. The highest BCUT2D eigenvalue weighted by Gasteiger charge is 2.35.